The Bertz CT molecular complexity index is 891. The smallest absolute Gasteiger partial charge is 0.137 e. The first kappa shape index (κ1) is 16.8. The number of hydrogen-bond acceptors (Lipinski definition) is 4. The van der Waals surface area contributed by atoms with E-state index in [2.05, 4.69) is 30.0 Å². The molecule has 1 aliphatic carbocycles. The van der Waals surface area contributed by atoms with E-state index in [9.17, 15) is 5.11 Å². The van der Waals surface area contributed by atoms with Crippen LogP contribution >= 0.6 is 0 Å². The number of benzene rings is 2. The zero-order chi connectivity index (χ0) is 18.2. The van der Waals surface area contributed by atoms with Crippen molar-refractivity contribution in [1.29, 1.82) is 0 Å². The van der Waals surface area contributed by atoms with Gasteiger partial charge in [-0.15, -0.1) is 0 Å². The molecular weight excluding hydrogens is 326 g/mol. The van der Waals surface area contributed by atoms with Gasteiger partial charge in [0.05, 0.1) is 6.54 Å². The summed E-state index contributed by atoms with van der Waals surface area (Å²) in [5.74, 6) is 0.827. The highest BCUT2D eigenvalue weighted by Gasteiger charge is 2.51. The first-order valence-electron chi connectivity index (χ1n) is 8.83. The molecule has 0 amide bonds. The highest BCUT2D eigenvalue weighted by atomic mass is 16.5. The maximum Gasteiger partial charge on any atom is 0.137 e. The SMILES string of the molecule is CC1(C)Cc2cc(OCc3ccccc3)ccc2C1(O)Cn1cncn1. The third-order valence-electron chi connectivity index (χ3n) is 5.38. The topological polar surface area (TPSA) is 60.2 Å². The fourth-order valence-electron chi connectivity index (χ4n) is 3.79. The number of fused-ring (bicyclic) bond motifs is 1. The Morgan fingerprint density at radius 3 is 2.69 bits per heavy atom. The van der Waals surface area contributed by atoms with Crippen molar-refractivity contribution in [3.63, 3.8) is 0 Å². The number of rotatable bonds is 5. The van der Waals surface area contributed by atoms with Crippen LogP contribution in [0.1, 0.15) is 30.5 Å². The molecule has 1 aliphatic rings. The highest BCUT2D eigenvalue weighted by molar-refractivity contribution is 5.45. The van der Waals surface area contributed by atoms with Crippen molar-refractivity contribution < 1.29 is 9.84 Å². The highest BCUT2D eigenvalue weighted by Crippen LogP contribution is 2.51. The summed E-state index contributed by atoms with van der Waals surface area (Å²) >= 11 is 0. The molecule has 0 spiro atoms. The minimum atomic E-state index is -0.992. The summed E-state index contributed by atoms with van der Waals surface area (Å²) in [7, 11) is 0. The van der Waals surface area contributed by atoms with Crippen LogP contribution in [0.3, 0.4) is 0 Å². The number of hydrogen-bond donors (Lipinski definition) is 1. The van der Waals surface area contributed by atoms with Gasteiger partial charge in [0.1, 0.15) is 30.6 Å². The Hall–Kier alpha value is -2.66. The lowest BCUT2D eigenvalue weighted by Crippen LogP contribution is -2.42. The van der Waals surface area contributed by atoms with Crippen molar-refractivity contribution in [3.05, 3.63) is 77.9 Å². The van der Waals surface area contributed by atoms with E-state index in [4.69, 9.17) is 4.74 Å². The summed E-state index contributed by atoms with van der Waals surface area (Å²) in [5, 5.41) is 15.7. The summed E-state index contributed by atoms with van der Waals surface area (Å²) in [4.78, 5) is 3.99. The third-order valence-corrected chi connectivity index (χ3v) is 5.38. The second-order valence-corrected chi connectivity index (χ2v) is 7.61. The van der Waals surface area contributed by atoms with Crippen LogP contribution in [0.5, 0.6) is 5.75 Å². The van der Waals surface area contributed by atoms with Crippen LogP contribution in [0.15, 0.2) is 61.2 Å². The summed E-state index contributed by atoms with van der Waals surface area (Å²) in [6.45, 7) is 5.10. The van der Waals surface area contributed by atoms with Gasteiger partial charge < -0.3 is 9.84 Å². The summed E-state index contributed by atoms with van der Waals surface area (Å²) < 4.78 is 7.64. The lowest BCUT2D eigenvalue weighted by atomic mass is 9.75. The molecule has 1 unspecified atom stereocenters. The molecule has 134 valence electrons. The van der Waals surface area contributed by atoms with Crippen LogP contribution in [0.2, 0.25) is 0 Å². The monoisotopic (exact) mass is 349 g/mol. The first-order chi connectivity index (χ1) is 12.5. The van der Waals surface area contributed by atoms with E-state index in [1.165, 1.54) is 6.33 Å². The Morgan fingerprint density at radius 1 is 1.15 bits per heavy atom. The molecule has 5 nitrogen and oxygen atoms in total. The van der Waals surface area contributed by atoms with Crippen LogP contribution in [0.4, 0.5) is 0 Å². The minimum Gasteiger partial charge on any atom is -0.489 e. The number of aliphatic hydroxyl groups is 1. The zero-order valence-corrected chi connectivity index (χ0v) is 15.1. The molecule has 0 fully saturated rings. The standard InChI is InChI=1S/C21H23N3O2/c1-20(2)11-17-10-18(26-12-16-6-4-3-5-7-16)8-9-19(17)21(20,25)13-24-15-22-14-23-24/h3-10,14-15,25H,11-13H2,1-2H3. The Labute approximate surface area is 153 Å². The molecule has 0 saturated carbocycles. The Kier molecular flexibility index (Phi) is 4.04. The molecule has 0 saturated heterocycles. The van der Waals surface area contributed by atoms with Crippen molar-refractivity contribution >= 4 is 0 Å². The fourth-order valence-corrected chi connectivity index (χ4v) is 3.79. The zero-order valence-electron chi connectivity index (χ0n) is 15.1. The lowest BCUT2D eigenvalue weighted by Gasteiger charge is -2.37. The van der Waals surface area contributed by atoms with Crippen LogP contribution in [0.25, 0.3) is 0 Å². The largest absolute Gasteiger partial charge is 0.489 e. The lowest BCUT2D eigenvalue weighted by molar-refractivity contribution is -0.0754. The molecule has 5 heteroatoms. The van der Waals surface area contributed by atoms with E-state index in [0.29, 0.717) is 13.2 Å². The van der Waals surface area contributed by atoms with Crippen molar-refractivity contribution in [3.8, 4) is 5.75 Å². The van der Waals surface area contributed by atoms with E-state index in [0.717, 1.165) is 28.9 Å². The molecule has 0 aliphatic heterocycles. The van der Waals surface area contributed by atoms with E-state index in [-0.39, 0.29) is 5.41 Å². The Balaban J connectivity index is 1.59. The van der Waals surface area contributed by atoms with Gasteiger partial charge in [0, 0.05) is 5.41 Å². The van der Waals surface area contributed by atoms with Crippen LogP contribution in [0, 0.1) is 5.41 Å². The summed E-state index contributed by atoms with van der Waals surface area (Å²) in [6, 6.07) is 16.1. The van der Waals surface area contributed by atoms with E-state index in [1.807, 2.05) is 42.5 Å². The average molecular weight is 349 g/mol. The van der Waals surface area contributed by atoms with Crippen LogP contribution in [-0.4, -0.2) is 19.9 Å². The van der Waals surface area contributed by atoms with E-state index in [1.54, 1.807) is 11.0 Å². The van der Waals surface area contributed by atoms with Gasteiger partial charge in [0.25, 0.3) is 0 Å². The summed E-state index contributed by atoms with van der Waals surface area (Å²) in [6.07, 6.45) is 3.92. The van der Waals surface area contributed by atoms with E-state index < -0.39 is 5.60 Å². The fraction of sp³-hybridized carbons (Fsp3) is 0.333. The molecule has 2 aromatic carbocycles. The molecule has 0 radical (unpaired) electrons. The molecule has 1 heterocycles. The second-order valence-electron chi connectivity index (χ2n) is 7.61. The normalized spacial score (nSPS) is 20.7. The molecule has 26 heavy (non-hydrogen) atoms. The number of aromatic nitrogens is 3. The van der Waals surface area contributed by atoms with Gasteiger partial charge in [-0.05, 0) is 35.2 Å². The van der Waals surface area contributed by atoms with Crippen LogP contribution < -0.4 is 4.74 Å². The van der Waals surface area contributed by atoms with Gasteiger partial charge in [-0.25, -0.2) is 9.67 Å². The maximum absolute atomic E-state index is 11.5. The molecule has 1 aromatic heterocycles. The predicted octanol–water partition coefficient (Wildman–Crippen LogP) is 3.33. The third kappa shape index (κ3) is 2.88. The molecule has 1 atom stereocenters. The summed E-state index contributed by atoms with van der Waals surface area (Å²) in [5.41, 5.74) is 1.91. The van der Waals surface area contributed by atoms with Crippen molar-refractivity contribution in [2.45, 2.75) is 39.0 Å². The van der Waals surface area contributed by atoms with Gasteiger partial charge in [0.15, 0.2) is 0 Å². The first-order valence-corrected chi connectivity index (χ1v) is 8.83. The van der Waals surface area contributed by atoms with Gasteiger partial charge >= 0.3 is 0 Å². The number of nitrogens with zero attached hydrogens (tertiary/aromatic N) is 3. The minimum absolute atomic E-state index is 0.306. The molecule has 1 N–H and O–H groups in total. The van der Waals surface area contributed by atoms with Crippen molar-refractivity contribution in [1.82, 2.24) is 14.8 Å². The van der Waals surface area contributed by atoms with Gasteiger partial charge in [-0.2, -0.15) is 5.10 Å². The van der Waals surface area contributed by atoms with Crippen molar-refractivity contribution in [2.24, 2.45) is 5.41 Å². The number of ether oxygens (including phenoxy) is 1. The van der Waals surface area contributed by atoms with Crippen molar-refractivity contribution in [2.75, 3.05) is 0 Å². The second kappa shape index (κ2) is 6.25. The van der Waals surface area contributed by atoms with Crippen LogP contribution in [-0.2, 0) is 25.2 Å². The quantitative estimate of drug-likeness (QED) is 0.767. The molecule has 0 bridgehead atoms. The van der Waals surface area contributed by atoms with E-state index >= 15 is 0 Å². The maximum atomic E-state index is 11.5. The van der Waals surface area contributed by atoms with Gasteiger partial charge in [-0.1, -0.05) is 50.2 Å². The molecule has 3 aromatic rings. The molecular formula is C21H23N3O2. The predicted molar refractivity (Wildman–Crippen MR) is 98.6 cm³/mol. The van der Waals surface area contributed by atoms with Gasteiger partial charge in [-0.3, -0.25) is 0 Å². The average Bonchev–Trinajstić information content (AvgIpc) is 3.19. The Morgan fingerprint density at radius 2 is 1.96 bits per heavy atom. The van der Waals surface area contributed by atoms with Gasteiger partial charge in [0.2, 0.25) is 0 Å². The molecule has 4 rings (SSSR count).